The van der Waals surface area contributed by atoms with E-state index < -0.39 is 0 Å². The first-order chi connectivity index (χ1) is 8.11. The Labute approximate surface area is 101 Å². The SMILES string of the molecule is CCCc1cc(-c2cnn(C)c2)cc(F)c1C. The zero-order chi connectivity index (χ0) is 12.4. The van der Waals surface area contributed by atoms with Gasteiger partial charge in [-0.15, -0.1) is 0 Å². The Kier molecular flexibility index (Phi) is 3.27. The van der Waals surface area contributed by atoms with E-state index in [0.717, 1.165) is 35.1 Å². The molecular formula is C14H17FN2. The van der Waals surface area contributed by atoms with Gasteiger partial charge in [-0.2, -0.15) is 5.10 Å². The largest absolute Gasteiger partial charge is 0.275 e. The van der Waals surface area contributed by atoms with Gasteiger partial charge in [-0.3, -0.25) is 4.68 Å². The van der Waals surface area contributed by atoms with Gasteiger partial charge in [0.25, 0.3) is 0 Å². The van der Waals surface area contributed by atoms with Crippen LogP contribution in [0.3, 0.4) is 0 Å². The number of rotatable bonds is 3. The van der Waals surface area contributed by atoms with Gasteiger partial charge < -0.3 is 0 Å². The average Bonchev–Trinajstić information content (AvgIpc) is 2.71. The van der Waals surface area contributed by atoms with Gasteiger partial charge in [0, 0.05) is 18.8 Å². The van der Waals surface area contributed by atoms with E-state index in [1.54, 1.807) is 16.9 Å². The fourth-order valence-electron chi connectivity index (χ4n) is 2.00. The Balaban J connectivity index is 2.48. The first-order valence-corrected chi connectivity index (χ1v) is 5.90. The van der Waals surface area contributed by atoms with E-state index in [1.165, 1.54) is 0 Å². The summed E-state index contributed by atoms with van der Waals surface area (Å²) in [5, 5.41) is 4.11. The molecule has 0 spiro atoms. The molecule has 0 saturated heterocycles. The number of nitrogens with zero attached hydrogens (tertiary/aromatic N) is 2. The lowest BCUT2D eigenvalue weighted by Crippen LogP contribution is -1.94. The van der Waals surface area contributed by atoms with E-state index in [1.807, 2.05) is 20.2 Å². The summed E-state index contributed by atoms with van der Waals surface area (Å²) in [6, 6.07) is 3.66. The standard InChI is InChI=1S/C14H17FN2/c1-4-5-11-6-12(7-14(15)10(11)2)13-8-16-17(3)9-13/h6-9H,4-5H2,1-3H3. The molecule has 0 N–H and O–H groups in total. The molecule has 90 valence electrons. The van der Waals surface area contributed by atoms with E-state index in [4.69, 9.17) is 0 Å². The highest BCUT2D eigenvalue weighted by Gasteiger charge is 2.09. The summed E-state index contributed by atoms with van der Waals surface area (Å²) in [6.07, 6.45) is 5.60. The molecule has 0 bridgehead atoms. The second kappa shape index (κ2) is 4.70. The first kappa shape index (κ1) is 11.8. The monoisotopic (exact) mass is 232 g/mol. The Bertz CT molecular complexity index is 529. The van der Waals surface area contributed by atoms with Crippen molar-refractivity contribution in [3.05, 3.63) is 41.5 Å². The third-order valence-corrected chi connectivity index (χ3v) is 3.01. The van der Waals surface area contributed by atoms with Crippen molar-refractivity contribution in [2.45, 2.75) is 26.7 Å². The van der Waals surface area contributed by atoms with E-state index >= 15 is 0 Å². The van der Waals surface area contributed by atoms with Crippen molar-refractivity contribution in [1.82, 2.24) is 9.78 Å². The number of aryl methyl sites for hydroxylation is 2. The Morgan fingerprint density at radius 2 is 2.06 bits per heavy atom. The number of hydrogen-bond acceptors (Lipinski definition) is 1. The van der Waals surface area contributed by atoms with Gasteiger partial charge >= 0.3 is 0 Å². The summed E-state index contributed by atoms with van der Waals surface area (Å²) in [4.78, 5) is 0. The maximum Gasteiger partial charge on any atom is 0.127 e. The molecule has 0 aliphatic rings. The molecule has 0 atom stereocenters. The van der Waals surface area contributed by atoms with E-state index in [9.17, 15) is 4.39 Å². The van der Waals surface area contributed by atoms with Crippen LogP contribution in [-0.2, 0) is 13.5 Å². The molecule has 0 radical (unpaired) electrons. The normalized spacial score (nSPS) is 10.8. The summed E-state index contributed by atoms with van der Waals surface area (Å²) in [5.74, 6) is -0.130. The number of benzene rings is 1. The summed E-state index contributed by atoms with van der Waals surface area (Å²) in [6.45, 7) is 3.95. The van der Waals surface area contributed by atoms with Crippen molar-refractivity contribution < 1.29 is 4.39 Å². The van der Waals surface area contributed by atoms with Crippen molar-refractivity contribution in [2.24, 2.45) is 7.05 Å². The van der Waals surface area contributed by atoms with Gasteiger partial charge in [-0.1, -0.05) is 19.4 Å². The van der Waals surface area contributed by atoms with Gasteiger partial charge in [-0.25, -0.2) is 4.39 Å². The third kappa shape index (κ3) is 2.38. The predicted molar refractivity (Wildman–Crippen MR) is 67.3 cm³/mol. The van der Waals surface area contributed by atoms with Crippen LogP contribution < -0.4 is 0 Å². The zero-order valence-electron chi connectivity index (χ0n) is 10.5. The highest BCUT2D eigenvalue weighted by molar-refractivity contribution is 5.63. The fraction of sp³-hybridized carbons (Fsp3) is 0.357. The van der Waals surface area contributed by atoms with Crippen molar-refractivity contribution in [2.75, 3.05) is 0 Å². The average molecular weight is 232 g/mol. The molecule has 17 heavy (non-hydrogen) atoms. The Hall–Kier alpha value is -1.64. The van der Waals surface area contributed by atoms with Crippen LogP contribution in [0.2, 0.25) is 0 Å². The van der Waals surface area contributed by atoms with Gasteiger partial charge in [0.2, 0.25) is 0 Å². The molecule has 0 aliphatic heterocycles. The smallest absolute Gasteiger partial charge is 0.127 e. The van der Waals surface area contributed by atoms with Crippen LogP contribution in [0.5, 0.6) is 0 Å². The highest BCUT2D eigenvalue weighted by atomic mass is 19.1. The second-order valence-corrected chi connectivity index (χ2v) is 4.39. The highest BCUT2D eigenvalue weighted by Crippen LogP contribution is 2.25. The molecule has 2 rings (SSSR count). The van der Waals surface area contributed by atoms with Gasteiger partial charge in [0.15, 0.2) is 0 Å². The van der Waals surface area contributed by atoms with E-state index in [2.05, 4.69) is 18.1 Å². The lowest BCUT2D eigenvalue weighted by Gasteiger charge is -2.08. The lowest BCUT2D eigenvalue weighted by molar-refractivity contribution is 0.615. The van der Waals surface area contributed by atoms with E-state index in [-0.39, 0.29) is 5.82 Å². The van der Waals surface area contributed by atoms with Crippen LogP contribution in [0.1, 0.15) is 24.5 Å². The first-order valence-electron chi connectivity index (χ1n) is 5.90. The molecule has 0 amide bonds. The third-order valence-electron chi connectivity index (χ3n) is 3.01. The molecule has 1 aromatic carbocycles. The van der Waals surface area contributed by atoms with Crippen LogP contribution in [-0.4, -0.2) is 9.78 Å². The fourth-order valence-corrected chi connectivity index (χ4v) is 2.00. The molecule has 0 saturated carbocycles. The molecule has 0 aliphatic carbocycles. The molecule has 2 aromatic rings. The summed E-state index contributed by atoms with van der Waals surface area (Å²) < 4.78 is 15.6. The molecule has 0 unspecified atom stereocenters. The summed E-state index contributed by atoms with van der Waals surface area (Å²) in [5.41, 5.74) is 3.72. The predicted octanol–water partition coefficient (Wildman–Crippen LogP) is 3.49. The van der Waals surface area contributed by atoms with Crippen LogP contribution >= 0.6 is 0 Å². The maximum atomic E-state index is 13.8. The molecule has 0 fully saturated rings. The van der Waals surface area contributed by atoms with Gasteiger partial charge in [0.05, 0.1) is 6.20 Å². The number of hydrogen-bond donors (Lipinski definition) is 0. The molecular weight excluding hydrogens is 215 g/mol. The van der Waals surface area contributed by atoms with Gasteiger partial charge in [0.1, 0.15) is 5.82 Å². The summed E-state index contributed by atoms with van der Waals surface area (Å²) in [7, 11) is 1.86. The maximum absolute atomic E-state index is 13.8. The van der Waals surface area contributed by atoms with Crippen LogP contribution in [0.4, 0.5) is 4.39 Å². The number of halogens is 1. The molecule has 1 heterocycles. The Morgan fingerprint density at radius 1 is 1.29 bits per heavy atom. The quantitative estimate of drug-likeness (QED) is 0.792. The number of aromatic nitrogens is 2. The minimum atomic E-state index is -0.130. The molecule has 3 heteroatoms. The minimum Gasteiger partial charge on any atom is -0.275 e. The Morgan fingerprint density at radius 3 is 2.65 bits per heavy atom. The van der Waals surface area contributed by atoms with Crippen LogP contribution in [0.15, 0.2) is 24.5 Å². The minimum absolute atomic E-state index is 0.130. The van der Waals surface area contributed by atoms with Crippen LogP contribution in [0, 0.1) is 12.7 Å². The second-order valence-electron chi connectivity index (χ2n) is 4.39. The van der Waals surface area contributed by atoms with Gasteiger partial charge in [-0.05, 0) is 36.1 Å². The topological polar surface area (TPSA) is 17.8 Å². The molecule has 1 aromatic heterocycles. The van der Waals surface area contributed by atoms with Crippen molar-refractivity contribution >= 4 is 0 Å². The zero-order valence-corrected chi connectivity index (χ0v) is 10.5. The van der Waals surface area contributed by atoms with Crippen LogP contribution in [0.25, 0.3) is 11.1 Å². The van der Waals surface area contributed by atoms with E-state index in [0.29, 0.717) is 0 Å². The lowest BCUT2D eigenvalue weighted by atomic mass is 9.98. The van der Waals surface area contributed by atoms with Crippen molar-refractivity contribution in [1.29, 1.82) is 0 Å². The van der Waals surface area contributed by atoms with Crippen molar-refractivity contribution in [3.63, 3.8) is 0 Å². The van der Waals surface area contributed by atoms with Crippen molar-refractivity contribution in [3.8, 4) is 11.1 Å². The molecule has 2 nitrogen and oxygen atoms in total. The summed E-state index contributed by atoms with van der Waals surface area (Å²) >= 11 is 0.